The maximum absolute atomic E-state index is 12.0. The molecule has 0 saturated carbocycles. The molecule has 0 spiro atoms. The third-order valence-corrected chi connectivity index (χ3v) is 3.42. The maximum Gasteiger partial charge on any atom is 0.238 e. The van der Waals surface area contributed by atoms with Crippen molar-refractivity contribution in [2.45, 2.75) is 25.7 Å². The van der Waals surface area contributed by atoms with Gasteiger partial charge in [0.25, 0.3) is 0 Å². The summed E-state index contributed by atoms with van der Waals surface area (Å²) in [5.74, 6) is 0.808. The van der Waals surface area contributed by atoms with Gasteiger partial charge in [-0.3, -0.25) is 9.69 Å². The SMILES string of the molecule is COc1cccc(NC(=O)CN2CCCCCC2)c1.[Cl-]. The van der Waals surface area contributed by atoms with Crippen molar-refractivity contribution in [3.63, 3.8) is 0 Å². The number of benzene rings is 1. The van der Waals surface area contributed by atoms with Gasteiger partial charge in [-0.25, -0.2) is 0 Å². The van der Waals surface area contributed by atoms with Crippen LogP contribution in [0.15, 0.2) is 24.3 Å². The lowest BCUT2D eigenvalue weighted by atomic mass is 10.2. The van der Waals surface area contributed by atoms with Gasteiger partial charge in [0.2, 0.25) is 5.91 Å². The lowest BCUT2D eigenvalue weighted by molar-refractivity contribution is -0.117. The Morgan fingerprint density at radius 1 is 1.25 bits per heavy atom. The summed E-state index contributed by atoms with van der Waals surface area (Å²) in [6.45, 7) is 2.55. The fourth-order valence-corrected chi connectivity index (χ4v) is 2.40. The molecule has 1 aliphatic rings. The van der Waals surface area contributed by atoms with E-state index in [2.05, 4.69) is 10.2 Å². The van der Waals surface area contributed by atoms with Gasteiger partial charge in [-0.15, -0.1) is 0 Å². The monoisotopic (exact) mass is 297 g/mol. The molecule has 0 atom stereocenters. The molecule has 0 aromatic heterocycles. The summed E-state index contributed by atoms with van der Waals surface area (Å²) in [6.07, 6.45) is 4.97. The third-order valence-electron chi connectivity index (χ3n) is 3.42. The van der Waals surface area contributed by atoms with E-state index in [0.717, 1.165) is 24.5 Å². The number of amides is 1. The number of carbonyl (C=O) groups is 1. The predicted octanol–water partition coefficient (Wildman–Crippen LogP) is -0.486. The van der Waals surface area contributed by atoms with Crippen LogP contribution in [0.2, 0.25) is 0 Å². The Hall–Kier alpha value is -1.26. The van der Waals surface area contributed by atoms with Crippen molar-refractivity contribution < 1.29 is 21.9 Å². The van der Waals surface area contributed by atoms with E-state index in [1.165, 1.54) is 25.7 Å². The van der Waals surface area contributed by atoms with Gasteiger partial charge in [0.15, 0.2) is 0 Å². The predicted molar refractivity (Wildman–Crippen MR) is 76.5 cm³/mol. The molecule has 1 amide bonds. The van der Waals surface area contributed by atoms with E-state index in [1.807, 2.05) is 24.3 Å². The maximum atomic E-state index is 12.0. The topological polar surface area (TPSA) is 41.6 Å². The highest BCUT2D eigenvalue weighted by Crippen LogP contribution is 2.16. The van der Waals surface area contributed by atoms with Crippen molar-refractivity contribution in [1.29, 1.82) is 0 Å². The average Bonchev–Trinajstić information content (AvgIpc) is 2.67. The summed E-state index contributed by atoms with van der Waals surface area (Å²) in [7, 11) is 1.62. The number of ether oxygens (including phenoxy) is 1. The minimum atomic E-state index is 0. The zero-order chi connectivity index (χ0) is 13.5. The van der Waals surface area contributed by atoms with Crippen molar-refractivity contribution in [3.8, 4) is 5.75 Å². The number of likely N-dealkylation sites (tertiary alicyclic amines) is 1. The molecule has 1 heterocycles. The molecule has 1 fully saturated rings. The molecule has 5 heteroatoms. The Balaban J connectivity index is 0.00000200. The zero-order valence-corrected chi connectivity index (χ0v) is 12.7. The number of hydrogen-bond acceptors (Lipinski definition) is 3. The number of halogens is 1. The Bertz CT molecular complexity index is 418. The van der Waals surface area contributed by atoms with E-state index in [0.29, 0.717) is 6.54 Å². The smallest absolute Gasteiger partial charge is 0.238 e. The number of hydrogen-bond donors (Lipinski definition) is 1. The van der Waals surface area contributed by atoms with E-state index in [4.69, 9.17) is 4.74 Å². The molecule has 1 saturated heterocycles. The Kier molecular flexibility index (Phi) is 7.41. The van der Waals surface area contributed by atoms with Crippen LogP contribution in [0.4, 0.5) is 5.69 Å². The molecule has 1 aromatic carbocycles. The van der Waals surface area contributed by atoms with Crippen LogP contribution >= 0.6 is 0 Å². The van der Waals surface area contributed by atoms with Crippen LogP contribution in [-0.4, -0.2) is 37.6 Å². The molecule has 0 unspecified atom stereocenters. The first kappa shape index (κ1) is 16.8. The first-order valence-electron chi connectivity index (χ1n) is 6.94. The lowest BCUT2D eigenvalue weighted by Gasteiger charge is -2.19. The van der Waals surface area contributed by atoms with Gasteiger partial charge in [0.1, 0.15) is 5.75 Å². The molecular formula is C15H22ClN2O2-. The second-order valence-electron chi connectivity index (χ2n) is 4.97. The minimum absolute atomic E-state index is 0. The van der Waals surface area contributed by atoms with Gasteiger partial charge in [-0.2, -0.15) is 0 Å². The van der Waals surface area contributed by atoms with Crippen LogP contribution in [0.5, 0.6) is 5.75 Å². The summed E-state index contributed by atoms with van der Waals surface area (Å²) in [4.78, 5) is 14.2. The molecule has 20 heavy (non-hydrogen) atoms. The molecule has 1 aliphatic heterocycles. The highest BCUT2D eigenvalue weighted by Gasteiger charge is 2.13. The van der Waals surface area contributed by atoms with Crippen LogP contribution in [0.25, 0.3) is 0 Å². The van der Waals surface area contributed by atoms with Gasteiger partial charge < -0.3 is 22.5 Å². The van der Waals surface area contributed by atoms with Crippen LogP contribution in [0.3, 0.4) is 0 Å². The van der Waals surface area contributed by atoms with Crippen molar-refractivity contribution >= 4 is 11.6 Å². The number of methoxy groups -OCH3 is 1. The van der Waals surface area contributed by atoms with E-state index < -0.39 is 0 Å². The summed E-state index contributed by atoms with van der Waals surface area (Å²) in [5.41, 5.74) is 0.791. The van der Waals surface area contributed by atoms with Crippen molar-refractivity contribution in [2.75, 3.05) is 32.1 Å². The molecule has 2 rings (SSSR count). The van der Waals surface area contributed by atoms with Gasteiger partial charge in [0, 0.05) is 11.8 Å². The van der Waals surface area contributed by atoms with E-state index >= 15 is 0 Å². The number of rotatable bonds is 4. The van der Waals surface area contributed by atoms with Gasteiger partial charge in [-0.1, -0.05) is 18.9 Å². The summed E-state index contributed by atoms with van der Waals surface area (Å²) in [5, 5.41) is 2.92. The van der Waals surface area contributed by atoms with E-state index in [-0.39, 0.29) is 18.3 Å². The molecule has 0 radical (unpaired) electrons. The normalized spacial score (nSPS) is 15.8. The molecule has 0 bridgehead atoms. The molecular weight excluding hydrogens is 276 g/mol. The van der Waals surface area contributed by atoms with Crippen molar-refractivity contribution in [1.82, 2.24) is 4.90 Å². The number of carbonyl (C=O) groups excluding carboxylic acids is 1. The second-order valence-corrected chi connectivity index (χ2v) is 4.97. The van der Waals surface area contributed by atoms with Crippen LogP contribution in [0.1, 0.15) is 25.7 Å². The second kappa shape index (κ2) is 8.82. The third kappa shape index (κ3) is 5.39. The van der Waals surface area contributed by atoms with Crippen LogP contribution < -0.4 is 22.5 Å². The highest BCUT2D eigenvalue weighted by molar-refractivity contribution is 5.92. The largest absolute Gasteiger partial charge is 1.00 e. The van der Waals surface area contributed by atoms with Crippen molar-refractivity contribution in [2.24, 2.45) is 0 Å². The number of anilines is 1. The molecule has 112 valence electrons. The molecule has 1 aromatic rings. The van der Waals surface area contributed by atoms with Crippen LogP contribution in [0, 0.1) is 0 Å². The molecule has 0 aliphatic carbocycles. The lowest BCUT2D eigenvalue weighted by Crippen LogP contribution is -3.00. The summed E-state index contributed by atoms with van der Waals surface area (Å²) >= 11 is 0. The summed E-state index contributed by atoms with van der Waals surface area (Å²) < 4.78 is 5.14. The number of nitrogens with zero attached hydrogens (tertiary/aromatic N) is 1. The zero-order valence-electron chi connectivity index (χ0n) is 11.9. The van der Waals surface area contributed by atoms with Gasteiger partial charge >= 0.3 is 0 Å². The fraction of sp³-hybridized carbons (Fsp3) is 0.533. The molecule has 1 N–H and O–H groups in total. The van der Waals surface area contributed by atoms with Crippen molar-refractivity contribution in [3.05, 3.63) is 24.3 Å². The van der Waals surface area contributed by atoms with Gasteiger partial charge in [0.05, 0.1) is 13.7 Å². The standard InChI is InChI=1S/C15H22N2O2.ClH/c1-19-14-8-6-7-13(11-14)16-15(18)12-17-9-4-2-3-5-10-17;/h6-8,11H,2-5,9-10,12H2,1H3,(H,16,18);1H/p-1. The first-order valence-corrected chi connectivity index (χ1v) is 6.94. The van der Waals surface area contributed by atoms with E-state index in [9.17, 15) is 4.79 Å². The van der Waals surface area contributed by atoms with Gasteiger partial charge in [-0.05, 0) is 38.1 Å². The summed E-state index contributed by atoms with van der Waals surface area (Å²) in [6, 6.07) is 7.45. The Morgan fingerprint density at radius 2 is 1.95 bits per heavy atom. The number of nitrogens with one attached hydrogen (secondary N) is 1. The highest BCUT2D eigenvalue weighted by atomic mass is 35.5. The fourth-order valence-electron chi connectivity index (χ4n) is 2.40. The Morgan fingerprint density at radius 3 is 2.60 bits per heavy atom. The average molecular weight is 298 g/mol. The van der Waals surface area contributed by atoms with Crippen LogP contribution in [-0.2, 0) is 4.79 Å². The molecule has 4 nitrogen and oxygen atoms in total. The Labute approximate surface area is 126 Å². The quantitative estimate of drug-likeness (QED) is 0.816. The van der Waals surface area contributed by atoms with E-state index in [1.54, 1.807) is 7.11 Å². The first-order chi connectivity index (χ1) is 9.28. The minimum Gasteiger partial charge on any atom is -1.00 e.